The van der Waals surface area contributed by atoms with Crippen LogP contribution in [0.4, 0.5) is 5.69 Å². The minimum absolute atomic E-state index is 0.365. The Bertz CT molecular complexity index is 590. The number of aryl methyl sites for hydroxylation is 2. The molecule has 4 heteroatoms. The minimum Gasteiger partial charge on any atom is -0.507 e. The Morgan fingerprint density at radius 3 is 2.42 bits per heavy atom. The number of nitrogens with one attached hydrogen (secondary N) is 1. The Morgan fingerprint density at radius 1 is 1.16 bits per heavy atom. The second-order valence-electron chi connectivity index (χ2n) is 4.56. The summed E-state index contributed by atoms with van der Waals surface area (Å²) in [7, 11) is 0. The van der Waals surface area contributed by atoms with E-state index in [-0.39, 0.29) is 0 Å². The normalized spacial score (nSPS) is 10.5. The molecule has 0 spiro atoms. The zero-order chi connectivity index (χ0) is 14.0. The lowest BCUT2D eigenvalue weighted by Gasteiger charge is -2.11. The average molecular weight is 341 g/mol. The van der Waals surface area contributed by atoms with Crippen molar-refractivity contribution in [3.8, 4) is 5.75 Å². The summed E-state index contributed by atoms with van der Waals surface area (Å²) in [5, 5.41) is 13.7. The molecule has 0 atom stereocenters. The highest BCUT2D eigenvalue weighted by Crippen LogP contribution is 2.27. The number of hydrogen-bond acceptors (Lipinski definition) is 2. The minimum atomic E-state index is 0.365. The topological polar surface area (TPSA) is 32.3 Å². The van der Waals surface area contributed by atoms with E-state index in [1.54, 1.807) is 0 Å². The monoisotopic (exact) mass is 339 g/mol. The molecule has 19 heavy (non-hydrogen) atoms. The first-order valence-electron chi connectivity index (χ1n) is 5.95. The van der Waals surface area contributed by atoms with Crippen LogP contribution in [0, 0.1) is 13.8 Å². The molecule has 0 aliphatic heterocycles. The maximum atomic E-state index is 9.75. The molecule has 0 unspecified atom stereocenters. The fourth-order valence-electron chi connectivity index (χ4n) is 1.98. The Hall–Kier alpha value is -1.19. The molecule has 0 saturated heterocycles. The van der Waals surface area contributed by atoms with Crippen LogP contribution in [0.15, 0.2) is 34.8 Å². The average Bonchev–Trinajstić information content (AvgIpc) is 2.37. The molecule has 2 aromatic rings. The van der Waals surface area contributed by atoms with Crippen molar-refractivity contribution in [2.45, 2.75) is 20.4 Å². The summed E-state index contributed by atoms with van der Waals surface area (Å²) < 4.78 is 0.984. The number of benzene rings is 2. The van der Waals surface area contributed by atoms with Gasteiger partial charge in [-0.1, -0.05) is 39.7 Å². The zero-order valence-corrected chi connectivity index (χ0v) is 13.1. The van der Waals surface area contributed by atoms with Crippen LogP contribution in [0.1, 0.15) is 16.7 Å². The first-order valence-corrected chi connectivity index (χ1v) is 7.12. The van der Waals surface area contributed by atoms with Gasteiger partial charge in [0.1, 0.15) is 5.75 Å². The molecule has 2 nitrogen and oxygen atoms in total. The van der Waals surface area contributed by atoms with Crippen molar-refractivity contribution >= 4 is 33.2 Å². The van der Waals surface area contributed by atoms with Crippen molar-refractivity contribution in [3.63, 3.8) is 0 Å². The molecule has 0 amide bonds. The third-order valence-electron chi connectivity index (χ3n) is 2.96. The fourth-order valence-corrected chi connectivity index (χ4v) is 2.52. The molecule has 2 N–H and O–H groups in total. The molecule has 0 bridgehead atoms. The van der Waals surface area contributed by atoms with E-state index in [0.717, 1.165) is 26.9 Å². The molecule has 0 aliphatic rings. The summed E-state index contributed by atoms with van der Waals surface area (Å²) in [6.45, 7) is 4.47. The Labute approximate surface area is 126 Å². The molecule has 0 radical (unpaired) electrons. The van der Waals surface area contributed by atoms with Gasteiger partial charge in [0.25, 0.3) is 0 Å². The lowest BCUT2D eigenvalue weighted by Crippen LogP contribution is -2.01. The summed E-state index contributed by atoms with van der Waals surface area (Å²) >= 11 is 9.55. The Morgan fingerprint density at radius 2 is 1.79 bits per heavy atom. The van der Waals surface area contributed by atoms with Gasteiger partial charge in [-0.2, -0.15) is 0 Å². The number of rotatable bonds is 3. The van der Waals surface area contributed by atoms with Crippen molar-refractivity contribution in [1.29, 1.82) is 0 Å². The van der Waals surface area contributed by atoms with Gasteiger partial charge in [-0.25, -0.2) is 0 Å². The summed E-state index contributed by atoms with van der Waals surface area (Å²) in [6, 6.07) is 9.65. The fraction of sp³-hybridized carbons (Fsp3) is 0.200. The van der Waals surface area contributed by atoms with E-state index in [0.29, 0.717) is 17.3 Å². The van der Waals surface area contributed by atoms with E-state index in [4.69, 9.17) is 11.6 Å². The number of hydrogen-bond donors (Lipinski definition) is 2. The second-order valence-corrected chi connectivity index (χ2v) is 5.88. The summed E-state index contributed by atoms with van der Waals surface area (Å²) in [5.74, 6) is 0.365. The van der Waals surface area contributed by atoms with Gasteiger partial charge >= 0.3 is 0 Å². The van der Waals surface area contributed by atoms with Gasteiger partial charge in [0.15, 0.2) is 0 Å². The maximum absolute atomic E-state index is 9.75. The summed E-state index contributed by atoms with van der Waals surface area (Å²) in [5.41, 5.74) is 3.78. The van der Waals surface area contributed by atoms with E-state index < -0.39 is 0 Å². The number of aromatic hydroxyl groups is 1. The van der Waals surface area contributed by atoms with E-state index in [2.05, 4.69) is 21.2 Å². The van der Waals surface area contributed by atoms with Gasteiger partial charge in [0.05, 0.1) is 10.7 Å². The maximum Gasteiger partial charge on any atom is 0.121 e. The first kappa shape index (κ1) is 14.2. The van der Waals surface area contributed by atoms with Crippen LogP contribution in [0.2, 0.25) is 5.02 Å². The number of phenolic OH excluding ortho intramolecular Hbond substituents is 1. The van der Waals surface area contributed by atoms with Gasteiger partial charge in [-0.3, -0.25) is 0 Å². The molecular formula is C15H15BrClNO. The Kier molecular flexibility index (Phi) is 4.38. The van der Waals surface area contributed by atoms with Crippen LogP contribution in [-0.2, 0) is 6.54 Å². The van der Waals surface area contributed by atoms with Crippen LogP contribution in [0.25, 0.3) is 0 Å². The van der Waals surface area contributed by atoms with Crippen LogP contribution in [-0.4, -0.2) is 5.11 Å². The highest BCUT2D eigenvalue weighted by Gasteiger charge is 2.05. The number of phenols is 1. The molecule has 2 rings (SSSR count). The van der Waals surface area contributed by atoms with E-state index in [9.17, 15) is 5.11 Å². The van der Waals surface area contributed by atoms with Crippen molar-refractivity contribution in [2.24, 2.45) is 0 Å². The molecule has 0 fully saturated rings. The molecule has 0 aliphatic carbocycles. The van der Waals surface area contributed by atoms with Crippen LogP contribution >= 0.6 is 27.5 Å². The number of anilines is 1. The molecule has 0 heterocycles. The smallest absolute Gasteiger partial charge is 0.121 e. The summed E-state index contributed by atoms with van der Waals surface area (Å²) in [4.78, 5) is 0. The first-order chi connectivity index (χ1) is 8.97. The molecule has 2 aromatic carbocycles. The third-order valence-corrected chi connectivity index (χ3v) is 3.79. The van der Waals surface area contributed by atoms with E-state index in [1.165, 1.54) is 0 Å². The van der Waals surface area contributed by atoms with Crippen LogP contribution in [0.5, 0.6) is 5.75 Å². The van der Waals surface area contributed by atoms with E-state index >= 15 is 0 Å². The standard InChI is InChI=1S/C15H15BrClNO/c1-9-5-11(6-10(2)15(9)19)8-18-14-7-12(16)3-4-13(14)17/h3-7,18-19H,8H2,1-2H3. The largest absolute Gasteiger partial charge is 0.507 e. The lowest BCUT2D eigenvalue weighted by atomic mass is 10.1. The van der Waals surface area contributed by atoms with Gasteiger partial charge in [-0.05, 0) is 48.7 Å². The van der Waals surface area contributed by atoms with Crippen molar-refractivity contribution in [2.75, 3.05) is 5.32 Å². The SMILES string of the molecule is Cc1cc(CNc2cc(Br)ccc2Cl)cc(C)c1O. The highest BCUT2D eigenvalue weighted by molar-refractivity contribution is 9.10. The van der Waals surface area contributed by atoms with Crippen molar-refractivity contribution in [1.82, 2.24) is 0 Å². The van der Waals surface area contributed by atoms with E-state index in [1.807, 2.05) is 44.2 Å². The lowest BCUT2D eigenvalue weighted by molar-refractivity contribution is 0.466. The highest BCUT2D eigenvalue weighted by atomic mass is 79.9. The molecule has 0 saturated carbocycles. The third kappa shape index (κ3) is 3.43. The predicted octanol–water partition coefficient (Wildman–Crippen LogP) is 5.04. The molecule has 100 valence electrons. The van der Waals surface area contributed by atoms with Gasteiger partial charge in [-0.15, -0.1) is 0 Å². The number of halogens is 2. The summed E-state index contributed by atoms with van der Waals surface area (Å²) in [6.07, 6.45) is 0. The van der Waals surface area contributed by atoms with Gasteiger partial charge < -0.3 is 10.4 Å². The van der Waals surface area contributed by atoms with Crippen molar-refractivity contribution in [3.05, 3.63) is 56.5 Å². The van der Waals surface area contributed by atoms with Gasteiger partial charge in [0, 0.05) is 11.0 Å². The van der Waals surface area contributed by atoms with Crippen molar-refractivity contribution < 1.29 is 5.11 Å². The Balaban J connectivity index is 2.17. The van der Waals surface area contributed by atoms with Crippen LogP contribution < -0.4 is 5.32 Å². The molecule has 0 aromatic heterocycles. The van der Waals surface area contributed by atoms with Gasteiger partial charge in [0.2, 0.25) is 0 Å². The molecular weight excluding hydrogens is 326 g/mol. The second kappa shape index (κ2) is 5.85. The quantitative estimate of drug-likeness (QED) is 0.820. The zero-order valence-electron chi connectivity index (χ0n) is 10.8. The van der Waals surface area contributed by atoms with Crippen LogP contribution in [0.3, 0.4) is 0 Å². The predicted molar refractivity (Wildman–Crippen MR) is 84.1 cm³/mol.